The molecule has 1 atom stereocenters. The van der Waals surface area contributed by atoms with E-state index in [1.807, 2.05) is 30.3 Å². The van der Waals surface area contributed by atoms with Crippen LogP contribution in [0.3, 0.4) is 0 Å². The molecule has 3 aromatic rings. The summed E-state index contributed by atoms with van der Waals surface area (Å²) >= 11 is 0. The summed E-state index contributed by atoms with van der Waals surface area (Å²) in [4.78, 5) is 12.8. The summed E-state index contributed by atoms with van der Waals surface area (Å²) in [7, 11) is -3.52. The van der Waals surface area contributed by atoms with Gasteiger partial charge in [0.25, 0.3) is 0 Å². The quantitative estimate of drug-likeness (QED) is 0.426. The minimum absolute atomic E-state index is 0.0354. The highest BCUT2D eigenvalue weighted by Crippen LogP contribution is 2.23. The Bertz CT molecular complexity index is 1260. The van der Waals surface area contributed by atoms with Crippen LogP contribution in [-0.4, -0.2) is 27.0 Å². The summed E-state index contributed by atoms with van der Waals surface area (Å²) in [5.74, 6) is -0.726. The SMILES string of the molecule is O=C(C=Cc1ccc(S(=O)(=O)NC2CC2)cc1)NC(COc1ccccc1F)c1ccccc1. The molecule has 176 valence electrons. The Hall–Kier alpha value is -3.49. The summed E-state index contributed by atoms with van der Waals surface area (Å²) in [5.41, 5.74) is 1.50. The van der Waals surface area contributed by atoms with Crippen LogP contribution in [0.4, 0.5) is 4.39 Å². The molecule has 3 aromatic carbocycles. The molecule has 0 spiro atoms. The molecule has 1 aliphatic rings. The molecule has 0 aliphatic heterocycles. The van der Waals surface area contributed by atoms with E-state index < -0.39 is 21.9 Å². The first-order valence-corrected chi connectivity index (χ1v) is 12.4. The molecule has 0 radical (unpaired) electrons. The van der Waals surface area contributed by atoms with Crippen molar-refractivity contribution in [1.29, 1.82) is 0 Å². The lowest BCUT2D eigenvalue weighted by Crippen LogP contribution is -2.31. The van der Waals surface area contributed by atoms with Crippen molar-refractivity contribution in [2.24, 2.45) is 0 Å². The van der Waals surface area contributed by atoms with Crippen LogP contribution < -0.4 is 14.8 Å². The average molecular weight is 481 g/mol. The number of nitrogens with one attached hydrogen (secondary N) is 2. The Morgan fingerprint density at radius 1 is 1.00 bits per heavy atom. The van der Waals surface area contributed by atoms with Gasteiger partial charge in [-0.25, -0.2) is 17.5 Å². The van der Waals surface area contributed by atoms with Crippen LogP contribution in [0.1, 0.15) is 30.0 Å². The van der Waals surface area contributed by atoms with Crippen molar-refractivity contribution in [3.8, 4) is 5.75 Å². The number of amides is 1. The number of sulfonamides is 1. The summed E-state index contributed by atoms with van der Waals surface area (Å²) in [6, 6.07) is 21.2. The van der Waals surface area contributed by atoms with E-state index in [4.69, 9.17) is 4.74 Å². The van der Waals surface area contributed by atoms with Gasteiger partial charge in [-0.1, -0.05) is 54.6 Å². The molecule has 0 bridgehead atoms. The number of ether oxygens (including phenoxy) is 1. The first-order valence-electron chi connectivity index (χ1n) is 10.9. The fourth-order valence-electron chi connectivity index (χ4n) is 3.28. The number of benzene rings is 3. The van der Waals surface area contributed by atoms with Crippen LogP contribution in [-0.2, 0) is 14.8 Å². The van der Waals surface area contributed by atoms with Gasteiger partial charge in [0.1, 0.15) is 6.61 Å². The zero-order valence-corrected chi connectivity index (χ0v) is 19.2. The maximum Gasteiger partial charge on any atom is 0.244 e. The summed E-state index contributed by atoms with van der Waals surface area (Å²) < 4.78 is 46.7. The van der Waals surface area contributed by atoms with Gasteiger partial charge >= 0.3 is 0 Å². The normalized spacial score (nSPS) is 14.6. The smallest absolute Gasteiger partial charge is 0.244 e. The van der Waals surface area contributed by atoms with Crippen molar-refractivity contribution < 1.29 is 22.3 Å². The number of para-hydroxylation sites is 1. The van der Waals surface area contributed by atoms with E-state index in [0.717, 1.165) is 18.4 Å². The number of carbonyl (C=O) groups excluding carboxylic acids is 1. The molecule has 1 fully saturated rings. The van der Waals surface area contributed by atoms with E-state index >= 15 is 0 Å². The number of halogens is 1. The van der Waals surface area contributed by atoms with Gasteiger partial charge in [0, 0.05) is 12.1 Å². The van der Waals surface area contributed by atoms with E-state index in [9.17, 15) is 17.6 Å². The van der Waals surface area contributed by atoms with Gasteiger partial charge in [-0.3, -0.25) is 4.79 Å². The molecule has 1 aliphatic carbocycles. The van der Waals surface area contributed by atoms with Gasteiger partial charge in [0.05, 0.1) is 10.9 Å². The molecule has 0 heterocycles. The first kappa shape index (κ1) is 23.7. The van der Waals surface area contributed by atoms with Gasteiger partial charge in [0.2, 0.25) is 15.9 Å². The lowest BCUT2D eigenvalue weighted by atomic mass is 10.1. The Kier molecular flexibility index (Phi) is 7.40. The molecule has 2 N–H and O–H groups in total. The zero-order valence-electron chi connectivity index (χ0n) is 18.4. The van der Waals surface area contributed by atoms with Crippen LogP contribution >= 0.6 is 0 Å². The third-order valence-electron chi connectivity index (χ3n) is 5.28. The second-order valence-electron chi connectivity index (χ2n) is 8.01. The highest BCUT2D eigenvalue weighted by molar-refractivity contribution is 7.89. The molecular formula is C26H25FN2O4S. The highest BCUT2D eigenvalue weighted by atomic mass is 32.2. The predicted molar refractivity (Wildman–Crippen MR) is 128 cm³/mol. The van der Waals surface area contributed by atoms with E-state index in [1.165, 1.54) is 30.3 Å². The summed E-state index contributed by atoms with van der Waals surface area (Å²) in [5, 5.41) is 2.88. The van der Waals surface area contributed by atoms with Crippen molar-refractivity contribution in [3.63, 3.8) is 0 Å². The molecule has 1 amide bonds. The van der Waals surface area contributed by atoms with E-state index in [2.05, 4.69) is 10.0 Å². The third-order valence-corrected chi connectivity index (χ3v) is 6.81. The molecule has 4 rings (SSSR count). The van der Waals surface area contributed by atoms with Crippen molar-refractivity contribution in [3.05, 3.63) is 102 Å². The van der Waals surface area contributed by atoms with Crippen molar-refractivity contribution in [1.82, 2.24) is 10.0 Å². The van der Waals surface area contributed by atoms with Gasteiger partial charge in [-0.2, -0.15) is 0 Å². The largest absolute Gasteiger partial charge is 0.488 e. The van der Waals surface area contributed by atoms with E-state index in [-0.39, 0.29) is 29.2 Å². The number of hydrogen-bond acceptors (Lipinski definition) is 4. The van der Waals surface area contributed by atoms with E-state index in [1.54, 1.807) is 30.3 Å². The predicted octanol–water partition coefficient (Wildman–Crippen LogP) is 4.22. The topological polar surface area (TPSA) is 84.5 Å². The Morgan fingerprint density at radius 3 is 2.35 bits per heavy atom. The van der Waals surface area contributed by atoms with Crippen LogP contribution in [0.5, 0.6) is 5.75 Å². The van der Waals surface area contributed by atoms with E-state index in [0.29, 0.717) is 5.56 Å². The van der Waals surface area contributed by atoms with Gasteiger partial charge in [-0.15, -0.1) is 0 Å². The van der Waals surface area contributed by atoms with Gasteiger partial charge in [-0.05, 0) is 54.3 Å². The monoisotopic (exact) mass is 480 g/mol. The first-order chi connectivity index (χ1) is 16.4. The van der Waals surface area contributed by atoms with Gasteiger partial charge in [0.15, 0.2) is 11.6 Å². The number of rotatable bonds is 10. The maximum absolute atomic E-state index is 13.9. The molecule has 8 heteroatoms. The third kappa shape index (κ3) is 6.52. The molecular weight excluding hydrogens is 455 g/mol. The van der Waals surface area contributed by atoms with Crippen molar-refractivity contribution in [2.45, 2.75) is 29.8 Å². The second kappa shape index (κ2) is 10.6. The fourth-order valence-corrected chi connectivity index (χ4v) is 4.58. The van der Waals surface area contributed by atoms with Crippen LogP contribution in [0.25, 0.3) is 6.08 Å². The second-order valence-corrected chi connectivity index (χ2v) is 9.73. The Morgan fingerprint density at radius 2 is 1.68 bits per heavy atom. The summed E-state index contributed by atoms with van der Waals surface area (Å²) in [6.07, 6.45) is 4.69. The minimum atomic E-state index is -3.52. The lowest BCUT2D eigenvalue weighted by Gasteiger charge is -2.19. The highest BCUT2D eigenvalue weighted by Gasteiger charge is 2.27. The molecule has 34 heavy (non-hydrogen) atoms. The molecule has 0 aromatic heterocycles. The summed E-state index contributed by atoms with van der Waals surface area (Å²) in [6.45, 7) is 0.0467. The van der Waals surface area contributed by atoms with Gasteiger partial charge < -0.3 is 10.1 Å². The molecule has 0 saturated heterocycles. The zero-order chi connectivity index (χ0) is 24.0. The van der Waals surface area contributed by atoms with Crippen molar-refractivity contribution >= 4 is 22.0 Å². The Labute approximate surface area is 198 Å². The maximum atomic E-state index is 13.9. The van der Waals surface area contributed by atoms with Crippen LogP contribution in [0, 0.1) is 5.82 Å². The standard InChI is InChI=1S/C26H25FN2O4S/c27-23-8-4-5-9-25(23)33-18-24(20-6-2-1-3-7-20)28-26(30)17-12-19-10-15-22(16-11-19)34(31,32)29-21-13-14-21/h1-12,15-17,21,24,29H,13-14,18H2,(H,28,30). The van der Waals surface area contributed by atoms with Crippen LogP contribution in [0.15, 0.2) is 89.8 Å². The number of carbonyl (C=O) groups is 1. The van der Waals surface area contributed by atoms with Crippen molar-refractivity contribution in [2.75, 3.05) is 6.61 Å². The van der Waals surface area contributed by atoms with Crippen LogP contribution in [0.2, 0.25) is 0 Å². The molecule has 1 saturated carbocycles. The number of hydrogen-bond donors (Lipinski definition) is 2. The minimum Gasteiger partial charge on any atom is -0.488 e. The average Bonchev–Trinajstić information content (AvgIpc) is 3.65. The fraction of sp³-hybridized carbons (Fsp3) is 0.192. The molecule has 1 unspecified atom stereocenters. The molecule has 6 nitrogen and oxygen atoms in total. The Balaban J connectivity index is 1.40. The lowest BCUT2D eigenvalue weighted by molar-refractivity contribution is -0.117.